The fourth-order valence-electron chi connectivity index (χ4n) is 2.00. The second kappa shape index (κ2) is 4.16. The molecule has 1 N–H and O–H groups in total. The number of methoxy groups -OCH3 is 1. The number of rotatable bonds is 1. The van der Waals surface area contributed by atoms with Crippen molar-refractivity contribution in [1.29, 1.82) is 0 Å². The van der Waals surface area contributed by atoms with Crippen LogP contribution in [0.2, 0.25) is 0 Å². The van der Waals surface area contributed by atoms with Gasteiger partial charge in [-0.15, -0.1) is 11.6 Å². The summed E-state index contributed by atoms with van der Waals surface area (Å²) < 4.78 is 5.46. The summed E-state index contributed by atoms with van der Waals surface area (Å²) in [6.45, 7) is 7.61. The number of ether oxygens (including phenoxy) is 1. The minimum absolute atomic E-state index is 0.107. The summed E-state index contributed by atoms with van der Waals surface area (Å²) in [5, 5.41) is 3.23. The van der Waals surface area contributed by atoms with E-state index in [9.17, 15) is 0 Å². The fourth-order valence-corrected chi connectivity index (χ4v) is 2.28. The van der Waals surface area contributed by atoms with Crippen molar-refractivity contribution in [3.8, 4) is 0 Å². The molecule has 1 saturated heterocycles. The van der Waals surface area contributed by atoms with Crippen molar-refractivity contribution in [3.63, 3.8) is 0 Å². The number of hydrogen-bond donors (Lipinski definition) is 1. The average molecular weight is 206 g/mol. The molecule has 13 heavy (non-hydrogen) atoms. The molecule has 0 amide bonds. The molecule has 1 heterocycles. The Hall–Kier alpha value is 0.210. The van der Waals surface area contributed by atoms with Crippen LogP contribution in [0, 0.1) is 11.3 Å². The fraction of sp³-hybridized carbons (Fsp3) is 1.00. The smallest absolute Gasteiger partial charge is 0.0830 e. The molecule has 3 heteroatoms. The highest BCUT2D eigenvalue weighted by molar-refractivity contribution is 6.20. The first kappa shape index (κ1) is 11.3. The maximum absolute atomic E-state index is 6.07. The summed E-state index contributed by atoms with van der Waals surface area (Å²) in [5.74, 6) is 0.543. The molecule has 3 unspecified atom stereocenters. The molecule has 0 aromatic heterocycles. The van der Waals surface area contributed by atoms with Crippen molar-refractivity contribution in [2.45, 2.75) is 38.8 Å². The van der Waals surface area contributed by atoms with Crippen LogP contribution >= 0.6 is 11.6 Å². The van der Waals surface area contributed by atoms with E-state index < -0.39 is 0 Å². The van der Waals surface area contributed by atoms with E-state index in [1.165, 1.54) is 0 Å². The van der Waals surface area contributed by atoms with Gasteiger partial charge in [0.1, 0.15) is 0 Å². The van der Waals surface area contributed by atoms with Gasteiger partial charge in [-0.2, -0.15) is 0 Å². The molecule has 0 radical (unpaired) electrons. The maximum Gasteiger partial charge on any atom is 0.0830 e. The Morgan fingerprint density at radius 1 is 1.38 bits per heavy atom. The van der Waals surface area contributed by atoms with E-state index in [4.69, 9.17) is 16.3 Å². The van der Waals surface area contributed by atoms with Gasteiger partial charge in [-0.3, -0.25) is 5.32 Å². The number of nitrogens with one attached hydrogen (secondary N) is 1. The maximum atomic E-state index is 6.07. The van der Waals surface area contributed by atoms with Gasteiger partial charge >= 0.3 is 0 Å². The molecule has 1 fully saturated rings. The zero-order valence-electron chi connectivity index (χ0n) is 8.93. The summed E-state index contributed by atoms with van der Waals surface area (Å²) >= 11 is 6.07. The lowest BCUT2D eigenvalue weighted by molar-refractivity contribution is -0.0162. The normalized spacial score (nSPS) is 36.2. The summed E-state index contributed by atoms with van der Waals surface area (Å²) in [6, 6.07) is 0. The lowest BCUT2D eigenvalue weighted by Gasteiger charge is -2.41. The van der Waals surface area contributed by atoms with Crippen molar-refractivity contribution in [1.82, 2.24) is 5.32 Å². The molecule has 0 aromatic rings. The summed E-state index contributed by atoms with van der Waals surface area (Å²) in [7, 11) is 1.78. The van der Waals surface area contributed by atoms with Crippen LogP contribution in [0.3, 0.4) is 0 Å². The Labute approximate surface area is 86.0 Å². The van der Waals surface area contributed by atoms with Crippen LogP contribution in [-0.2, 0) is 4.74 Å². The van der Waals surface area contributed by atoms with Gasteiger partial charge in [0.2, 0.25) is 0 Å². The van der Waals surface area contributed by atoms with Gasteiger partial charge in [-0.25, -0.2) is 0 Å². The second-order valence-electron chi connectivity index (χ2n) is 4.86. The van der Waals surface area contributed by atoms with Gasteiger partial charge in [0.25, 0.3) is 0 Å². The van der Waals surface area contributed by atoms with Gasteiger partial charge in [0.15, 0.2) is 0 Å². The minimum Gasteiger partial charge on any atom is -0.380 e. The molecular weight excluding hydrogens is 186 g/mol. The van der Waals surface area contributed by atoms with E-state index in [2.05, 4.69) is 26.1 Å². The van der Waals surface area contributed by atoms with E-state index in [1.54, 1.807) is 7.11 Å². The zero-order valence-corrected chi connectivity index (χ0v) is 9.69. The molecule has 0 aromatic carbocycles. The topological polar surface area (TPSA) is 21.3 Å². The Kier molecular flexibility index (Phi) is 3.61. The van der Waals surface area contributed by atoms with Gasteiger partial charge in [-0.1, -0.05) is 20.8 Å². The highest BCUT2D eigenvalue weighted by Gasteiger charge is 2.37. The van der Waals surface area contributed by atoms with Crippen molar-refractivity contribution in [2.75, 3.05) is 13.7 Å². The lowest BCUT2D eigenvalue weighted by atomic mass is 9.74. The molecule has 2 nitrogen and oxygen atoms in total. The number of piperidine rings is 1. The van der Waals surface area contributed by atoms with Crippen LogP contribution in [0.15, 0.2) is 0 Å². The molecule has 1 rings (SSSR count). The summed E-state index contributed by atoms with van der Waals surface area (Å²) in [5.41, 5.74) is 0.381. The Morgan fingerprint density at radius 2 is 2.00 bits per heavy atom. The first-order chi connectivity index (χ1) is 5.95. The van der Waals surface area contributed by atoms with Gasteiger partial charge in [0, 0.05) is 13.7 Å². The van der Waals surface area contributed by atoms with E-state index in [-0.39, 0.29) is 10.9 Å². The zero-order chi connectivity index (χ0) is 10.1. The summed E-state index contributed by atoms with van der Waals surface area (Å²) in [4.78, 5) is 0. The van der Waals surface area contributed by atoms with Crippen LogP contribution in [0.1, 0.15) is 27.2 Å². The van der Waals surface area contributed by atoms with Crippen LogP contribution < -0.4 is 5.32 Å². The predicted octanol–water partition coefficient (Wildman–Crippen LogP) is 2.22. The highest BCUT2D eigenvalue weighted by atomic mass is 35.5. The molecule has 0 saturated carbocycles. The monoisotopic (exact) mass is 205 g/mol. The predicted molar refractivity (Wildman–Crippen MR) is 56.0 cm³/mol. The van der Waals surface area contributed by atoms with Crippen molar-refractivity contribution >= 4 is 11.6 Å². The molecule has 78 valence electrons. The van der Waals surface area contributed by atoms with E-state index in [0.29, 0.717) is 12.0 Å². The van der Waals surface area contributed by atoms with Gasteiger partial charge in [0.05, 0.1) is 11.6 Å². The van der Waals surface area contributed by atoms with Crippen LogP contribution in [0.25, 0.3) is 0 Å². The van der Waals surface area contributed by atoms with Crippen molar-refractivity contribution < 1.29 is 4.74 Å². The van der Waals surface area contributed by atoms with Crippen LogP contribution in [-0.4, -0.2) is 25.3 Å². The molecule has 0 spiro atoms. The Bertz CT molecular complexity index is 167. The molecule has 0 aliphatic carbocycles. The van der Waals surface area contributed by atoms with E-state index >= 15 is 0 Å². The van der Waals surface area contributed by atoms with Gasteiger partial charge in [-0.05, 0) is 17.8 Å². The number of hydrogen-bond acceptors (Lipinski definition) is 2. The Balaban J connectivity index is 2.65. The van der Waals surface area contributed by atoms with Crippen LogP contribution in [0.4, 0.5) is 0 Å². The number of alkyl halides is 1. The van der Waals surface area contributed by atoms with Crippen molar-refractivity contribution in [3.05, 3.63) is 0 Å². The third kappa shape index (κ3) is 2.83. The SMILES string of the molecule is COC1CNC(Cl)CC1C(C)(C)C. The van der Waals surface area contributed by atoms with Crippen LogP contribution in [0.5, 0.6) is 0 Å². The quantitative estimate of drug-likeness (QED) is 0.524. The van der Waals surface area contributed by atoms with Gasteiger partial charge < -0.3 is 4.74 Å². The lowest BCUT2D eigenvalue weighted by Crippen LogP contribution is -2.49. The number of halogens is 1. The highest BCUT2D eigenvalue weighted by Crippen LogP contribution is 2.36. The average Bonchev–Trinajstić information content (AvgIpc) is 2.03. The van der Waals surface area contributed by atoms with Crippen molar-refractivity contribution in [2.24, 2.45) is 11.3 Å². The standard InChI is InChI=1S/C10H20ClNO/c1-10(2,3)7-5-9(11)12-6-8(7)13-4/h7-9,12H,5-6H2,1-4H3. The minimum atomic E-state index is 0.107. The third-order valence-electron chi connectivity index (χ3n) is 2.87. The first-order valence-electron chi connectivity index (χ1n) is 4.85. The Morgan fingerprint density at radius 3 is 2.46 bits per heavy atom. The molecular formula is C10H20ClNO. The first-order valence-corrected chi connectivity index (χ1v) is 5.29. The molecule has 3 atom stereocenters. The molecule has 1 aliphatic rings. The largest absolute Gasteiger partial charge is 0.380 e. The van der Waals surface area contributed by atoms with E-state index in [0.717, 1.165) is 13.0 Å². The van der Waals surface area contributed by atoms with E-state index in [1.807, 2.05) is 0 Å². The summed E-state index contributed by atoms with van der Waals surface area (Å²) in [6.07, 6.45) is 1.29. The molecule has 0 bridgehead atoms. The molecule has 1 aliphatic heterocycles. The third-order valence-corrected chi connectivity index (χ3v) is 3.20. The second-order valence-corrected chi connectivity index (χ2v) is 5.38.